The summed E-state index contributed by atoms with van der Waals surface area (Å²) in [4.78, 5) is 6.54. The molecule has 1 aromatic heterocycles. The van der Waals surface area contributed by atoms with Crippen LogP contribution in [-0.2, 0) is 6.42 Å². The van der Waals surface area contributed by atoms with Crippen molar-refractivity contribution in [2.75, 3.05) is 33.7 Å². The molecule has 1 N–H and O–H groups in total. The third kappa shape index (κ3) is 2.76. The van der Waals surface area contributed by atoms with Gasteiger partial charge in [0.1, 0.15) is 0 Å². The molecule has 15 heavy (non-hydrogen) atoms. The second-order valence-corrected chi connectivity index (χ2v) is 4.29. The van der Waals surface area contributed by atoms with Crippen molar-refractivity contribution in [2.45, 2.75) is 18.8 Å². The smallest absolute Gasteiger partial charge is 0.231 e. The van der Waals surface area contributed by atoms with Crippen LogP contribution in [0.3, 0.4) is 0 Å². The predicted octanol–water partition coefficient (Wildman–Crippen LogP) is 0.251. The molecule has 84 valence electrons. The lowest BCUT2D eigenvalue weighted by Crippen LogP contribution is -2.15. The fourth-order valence-electron chi connectivity index (χ4n) is 1.72. The number of hydrogen-bond donors (Lipinski definition) is 1. The molecule has 0 saturated carbocycles. The summed E-state index contributed by atoms with van der Waals surface area (Å²) < 4.78 is 5.26. The summed E-state index contributed by atoms with van der Waals surface area (Å²) >= 11 is 0. The van der Waals surface area contributed by atoms with Crippen molar-refractivity contribution in [3.05, 3.63) is 11.7 Å². The number of nitrogens with one attached hydrogen (secondary N) is 1. The quantitative estimate of drug-likeness (QED) is 0.772. The maximum atomic E-state index is 5.26. The Morgan fingerprint density at radius 1 is 1.53 bits per heavy atom. The Hall–Kier alpha value is -0.940. The first-order valence-electron chi connectivity index (χ1n) is 5.43. The minimum atomic E-state index is 0.422. The second kappa shape index (κ2) is 4.72. The maximum Gasteiger partial charge on any atom is 0.231 e. The third-order valence-corrected chi connectivity index (χ3v) is 2.68. The summed E-state index contributed by atoms with van der Waals surface area (Å²) in [7, 11) is 4.09. The van der Waals surface area contributed by atoms with Gasteiger partial charge in [-0.1, -0.05) is 5.16 Å². The lowest BCUT2D eigenvalue weighted by Gasteiger charge is -2.05. The standard InChI is InChI=1S/C10H18N4O/c1-14(2)6-4-9-12-10(15-13-9)8-3-5-11-7-8/h8,11H,3-7H2,1-2H3. The van der Waals surface area contributed by atoms with Crippen LogP contribution in [0.25, 0.3) is 0 Å². The van der Waals surface area contributed by atoms with Crippen molar-refractivity contribution in [1.29, 1.82) is 0 Å². The number of rotatable bonds is 4. The molecule has 2 heterocycles. The Labute approximate surface area is 89.8 Å². The second-order valence-electron chi connectivity index (χ2n) is 4.29. The van der Waals surface area contributed by atoms with E-state index < -0.39 is 0 Å². The minimum Gasteiger partial charge on any atom is -0.339 e. The summed E-state index contributed by atoms with van der Waals surface area (Å²) in [6, 6.07) is 0. The molecule has 1 fully saturated rings. The molecular weight excluding hydrogens is 192 g/mol. The monoisotopic (exact) mass is 210 g/mol. The molecule has 0 aromatic carbocycles. The summed E-state index contributed by atoms with van der Waals surface area (Å²) in [6.07, 6.45) is 1.96. The van der Waals surface area contributed by atoms with Crippen LogP contribution in [0.1, 0.15) is 24.1 Å². The normalized spacial score (nSPS) is 21.4. The molecule has 0 radical (unpaired) electrons. The summed E-state index contributed by atoms with van der Waals surface area (Å²) in [5.41, 5.74) is 0. The number of likely N-dealkylation sites (N-methyl/N-ethyl adjacent to an activating group) is 1. The van der Waals surface area contributed by atoms with Gasteiger partial charge < -0.3 is 14.7 Å². The lowest BCUT2D eigenvalue weighted by atomic mass is 10.1. The third-order valence-electron chi connectivity index (χ3n) is 2.68. The molecule has 1 aromatic rings. The highest BCUT2D eigenvalue weighted by molar-refractivity contribution is 4.98. The summed E-state index contributed by atoms with van der Waals surface area (Å²) in [5.74, 6) is 2.05. The Morgan fingerprint density at radius 3 is 3.07 bits per heavy atom. The van der Waals surface area contributed by atoms with Gasteiger partial charge in [-0.25, -0.2) is 0 Å². The van der Waals surface area contributed by atoms with Gasteiger partial charge in [-0.05, 0) is 27.1 Å². The van der Waals surface area contributed by atoms with Crippen molar-refractivity contribution in [2.24, 2.45) is 0 Å². The van der Waals surface area contributed by atoms with E-state index in [0.717, 1.165) is 44.2 Å². The van der Waals surface area contributed by atoms with Crippen molar-refractivity contribution in [3.8, 4) is 0 Å². The molecule has 0 aliphatic carbocycles. The van der Waals surface area contributed by atoms with Crippen LogP contribution < -0.4 is 5.32 Å². The molecule has 1 aliphatic heterocycles. The number of hydrogen-bond acceptors (Lipinski definition) is 5. The van der Waals surface area contributed by atoms with Crippen molar-refractivity contribution in [1.82, 2.24) is 20.4 Å². The van der Waals surface area contributed by atoms with Gasteiger partial charge in [0.15, 0.2) is 5.82 Å². The van der Waals surface area contributed by atoms with Gasteiger partial charge in [0.05, 0.1) is 5.92 Å². The average molecular weight is 210 g/mol. The molecular formula is C10H18N4O. The molecule has 1 saturated heterocycles. The molecule has 0 amide bonds. The van der Waals surface area contributed by atoms with Gasteiger partial charge >= 0.3 is 0 Å². The van der Waals surface area contributed by atoms with Crippen LogP contribution in [0.5, 0.6) is 0 Å². The van der Waals surface area contributed by atoms with Crippen LogP contribution in [0, 0.1) is 0 Å². The van der Waals surface area contributed by atoms with E-state index in [1.807, 2.05) is 14.1 Å². The molecule has 0 bridgehead atoms. The van der Waals surface area contributed by atoms with Gasteiger partial charge in [-0.2, -0.15) is 4.98 Å². The first-order valence-corrected chi connectivity index (χ1v) is 5.43. The molecule has 1 atom stereocenters. The molecule has 2 rings (SSSR count). The van der Waals surface area contributed by atoms with Gasteiger partial charge in [-0.3, -0.25) is 0 Å². The average Bonchev–Trinajstić information content (AvgIpc) is 2.85. The van der Waals surface area contributed by atoms with E-state index in [4.69, 9.17) is 4.52 Å². The summed E-state index contributed by atoms with van der Waals surface area (Å²) in [6.45, 7) is 2.98. The predicted molar refractivity (Wildman–Crippen MR) is 56.8 cm³/mol. The van der Waals surface area contributed by atoms with Crippen molar-refractivity contribution < 1.29 is 4.52 Å². The Balaban J connectivity index is 1.91. The van der Waals surface area contributed by atoms with Crippen LogP contribution >= 0.6 is 0 Å². The number of aromatic nitrogens is 2. The van der Waals surface area contributed by atoms with E-state index in [1.54, 1.807) is 0 Å². The highest BCUT2D eigenvalue weighted by Gasteiger charge is 2.22. The van der Waals surface area contributed by atoms with Gasteiger partial charge in [0, 0.05) is 19.5 Å². The Bertz CT molecular complexity index is 304. The Kier molecular flexibility index (Phi) is 3.33. The van der Waals surface area contributed by atoms with Crippen LogP contribution in [0.2, 0.25) is 0 Å². The van der Waals surface area contributed by atoms with Gasteiger partial charge in [0.25, 0.3) is 0 Å². The van der Waals surface area contributed by atoms with E-state index in [9.17, 15) is 0 Å². The zero-order chi connectivity index (χ0) is 10.7. The zero-order valence-electron chi connectivity index (χ0n) is 9.36. The topological polar surface area (TPSA) is 54.2 Å². The lowest BCUT2D eigenvalue weighted by molar-refractivity contribution is 0.350. The van der Waals surface area contributed by atoms with Gasteiger partial charge in [-0.15, -0.1) is 0 Å². The van der Waals surface area contributed by atoms with E-state index in [-0.39, 0.29) is 0 Å². The van der Waals surface area contributed by atoms with Gasteiger partial charge in [0.2, 0.25) is 5.89 Å². The van der Waals surface area contributed by atoms with Crippen LogP contribution in [-0.4, -0.2) is 48.8 Å². The highest BCUT2D eigenvalue weighted by Crippen LogP contribution is 2.20. The molecule has 5 nitrogen and oxygen atoms in total. The fraction of sp³-hybridized carbons (Fsp3) is 0.800. The summed E-state index contributed by atoms with van der Waals surface area (Å²) in [5, 5.41) is 7.29. The SMILES string of the molecule is CN(C)CCc1noc(C2CCNC2)n1. The van der Waals surface area contributed by atoms with E-state index in [2.05, 4.69) is 20.4 Å². The fourth-order valence-corrected chi connectivity index (χ4v) is 1.72. The van der Waals surface area contributed by atoms with E-state index >= 15 is 0 Å². The molecule has 1 aliphatic rings. The van der Waals surface area contributed by atoms with Crippen LogP contribution in [0.15, 0.2) is 4.52 Å². The largest absolute Gasteiger partial charge is 0.339 e. The first kappa shape index (κ1) is 10.6. The highest BCUT2D eigenvalue weighted by atomic mass is 16.5. The molecule has 1 unspecified atom stereocenters. The molecule has 0 spiro atoms. The first-order chi connectivity index (χ1) is 7.25. The Morgan fingerprint density at radius 2 is 2.40 bits per heavy atom. The van der Waals surface area contributed by atoms with Crippen LogP contribution in [0.4, 0.5) is 0 Å². The number of nitrogens with zero attached hydrogens (tertiary/aromatic N) is 3. The van der Waals surface area contributed by atoms with E-state index in [0.29, 0.717) is 5.92 Å². The maximum absolute atomic E-state index is 5.26. The van der Waals surface area contributed by atoms with E-state index in [1.165, 1.54) is 0 Å². The zero-order valence-corrected chi connectivity index (χ0v) is 9.36. The minimum absolute atomic E-state index is 0.422. The van der Waals surface area contributed by atoms with Crippen molar-refractivity contribution in [3.63, 3.8) is 0 Å². The van der Waals surface area contributed by atoms with Crippen molar-refractivity contribution >= 4 is 0 Å². The molecule has 5 heteroatoms.